The van der Waals surface area contributed by atoms with Gasteiger partial charge in [0.1, 0.15) is 0 Å². The number of tetrazole rings is 1. The van der Waals surface area contributed by atoms with Crippen LogP contribution in [0.1, 0.15) is 26.3 Å². The zero-order valence-corrected chi connectivity index (χ0v) is 17.3. The first kappa shape index (κ1) is 21.2. The molecule has 0 unspecified atom stereocenters. The van der Waals surface area contributed by atoms with Gasteiger partial charge in [0.05, 0.1) is 5.69 Å². The molecule has 0 atom stereocenters. The summed E-state index contributed by atoms with van der Waals surface area (Å²) in [7, 11) is 0. The molecule has 0 bridgehead atoms. The van der Waals surface area contributed by atoms with Crippen LogP contribution in [0.4, 0.5) is 0 Å². The van der Waals surface area contributed by atoms with E-state index in [2.05, 4.69) is 59.8 Å². The standard InChI is InChI=1S/C20H23N5S.ClH/c1-20(2,3)21-15-14-18(16-10-6-4-7-11-16)26-19-22-23-24-25(19)17-12-8-5-9-13-17;/h4-14,21H,15H2,1-3H3;1H. The fraction of sp³-hybridized carbons (Fsp3) is 0.250. The zero-order chi connectivity index (χ0) is 18.4. The van der Waals surface area contributed by atoms with E-state index in [4.69, 9.17) is 0 Å². The molecule has 1 heterocycles. The van der Waals surface area contributed by atoms with Gasteiger partial charge >= 0.3 is 0 Å². The van der Waals surface area contributed by atoms with Gasteiger partial charge in [0.15, 0.2) is 0 Å². The summed E-state index contributed by atoms with van der Waals surface area (Å²) in [5.74, 6) is 0. The van der Waals surface area contributed by atoms with Crippen LogP contribution in [0, 0.1) is 0 Å². The Morgan fingerprint density at radius 2 is 1.67 bits per heavy atom. The van der Waals surface area contributed by atoms with Crippen LogP contribution in [0.3, 0.4) is 0 Å². The van der Waals surface area contributed by atoms with Gasteiger partial charge < -0.3 is 5.32 Å². The highest BCUT2D eigenvalue weighted by atomic mass is 35.5. The van der Waals surface area contributed by atoms with Gasteiger partial charge in [-0.2, -0.15) is 4.68 Å². The van der Waals surface area contributed by atoms with Crippen molar-refractivity contribution in [2.75, 3.05) is 6.54 Å². The van der Waals surface area contributed by atoms with E-state index in [0.29, 0.717) is 0 Å². The molecule has 1 aromatic heterocycles. The SMILES string of the molecule is CC(C)(C)NCC=C(Sc1nnnn1-c1ccccc1)c1ccccc1.Cl. The van der Waals surface area contributed by atoms with E-state index in [9.17, 15) is 0 Å². The molecule has 0 saturated carbocycles. The molecule has 0 fully saturated rings. The van der Waals surface area contributed by atoms with Crippen molar-refractivity contribution in [2.45, 2.75) is 31.5 Å². The fourth-order valence-electron chi connectivity index (χ4n) is 2.34. The second kappa shape index (κ2) is 9.69. The van der Waals surface area contributed by atoms with E-state index in [1.54, 1.807) is 16.4 Å². The molecule has 0 aliphatic carbocycles. The molecule has 0 amide bonds. The monoisotopic (exact) mass is 401 g/mol. The van der Waals surface area contributed by atoms with E-state index >= 15 is 0 Å². The average Bonchev–Trinajstić information content (AvgIpc) is 3.09. The van der Waals surface area contributed by atoms with Gasteiger partial charge in [0.25, 0.3) is 0 Å². The Kier molecular flexibility index (Phi) is 7.59. The highest BCUT2D eigenvalue weighted by Gasteiger charge is 2.13. The first-order valence-corrected chi connectivity index (χ1v) is 9.37. The normalized spacial score (nSPS) is 11.9. The van der Waals surface area contributed by atoms with Crippen molar-refractivity contribution in [2.24, 2.45) is 0 Å². The van der Waals surface area contributed by atoms with Crippen molar-refractivity contribution in [3.05, 3.63) is 72.3 Å². The zero-order valence-electron chi connectivity index (χ0n) is 15.7. The molecule has 27 heavy (non-hydrogen) atoms. The quantitative estimate of drug-likeness (QED) is 0.611. The van der Waals surface area contributed by atoms with Crippen LogP contribution in [0.5, 0.6) is 0 Å². The summed E-state index contributed by atoms with van der Waals surface area (Å²) in [4.78, 5) is 1.12. The first-order valence-electron chi connectivity index (χ1n) is 8.55. The third kappa shape index (κ3) is 6.20. The summed E-state index contributed by atoms with van der Waals surface area (Å²) in [5, 5.41) is 16.5. The summed E-state index contributed by atoms with van der Waals surface area (Å²) in [6.45, 7) is 7.25. The number of hydrogen-bond donors (Lipinski definition) is 1. The second-order valence-electron chi connectivity index (χ2n) is 6.88. The highest BCUT2D eigenvalue weighted by Crippen LogP contribution is 2.33. The summed E-state index contributed by atoms with van der Waals surface area (Å²) in [5.41, 5.74) is 2.16. The highest BCUT2D eigenvalue weighted by molar-refractivity contribution is 8.08. The minimum atomic E-state index is 0. The summed E-state index contributed by atoms with van der Waals surface area (Å²) in [6, 6.07) is 20.2. The van der Waals surface area contributed by atoms with Gasteiger partial charge in [0.2, 0.25) is 5.16 Å². The first-order chi connectivity index (χ1) is 12.5. The van der Waals surface area contributed by atoms with Gasteiger partial charge in [0, 0.05) is 17.0 Å². The van der Waals surface area contributed by atoms with E-state index in [-0.39, 0.29) is 17.9 Å². The minimum Gasteiger partial charge on any atom is -0.309 e. The van der Waals surface area contributed by atoms with Crippen molar-refractivity contribution >= 4 is 29.1 Å². The summed E-state index contributed by atoms with van der Waals surface area (Å²) >= 11 is 1.57. The number of nitrogens with zero attached hydrogens (tertiary/aromatic N) is 4. The third-order valence-electron chi connectivity index (χ3n) is 3.62. The van der Waals surface area contributed by atoms with Crippen molar-refractivity contribution in [1.29, 1.82) is 0 Å². The van der Waals surface area contributed by atoms with Crippen molar-refractivity contribution < 1.29 is 0 Å². The van der Waals surface area contributed by atoms with Gasteiger partial charge in [-0.05, 0) is 60.7 Å². The lowest BCUT2D eigenvalue weighted by molar-refractivity contribution is 0.450. The number of halogens is 1. The van der Waals surface area contributed by atoms with Gasteiger partial charge in [-0.3, -0.25) is 0 Å². The van der Waals surface area contributed by atoms with Gasteiger partial charge in [-0.15, -0.1) is 17.5 Å². The van der Waals surface area contributed by atoms with Crippen LogP contribution in [0.2, 0.25) is 0 Å². The van der Waals surface area contributed by atoms with Crippen molar-refractivity contribution in [3.8, 4) is 5.69 Å². The van der Waals surface area contributed by atoms with Gasteiger partial charge in [-0.25, -0.2) is 0 Å². The maximum Gasteiger partial charge on any atom is 0.218 e. The molecule has 7 heteroatoms. The molecular weight excluding hydrogens is 378 g/mol. The predicted octanol–water partition coefficient (Wildman–Crippen LogP) is 4.61. The Hall–Kier alpha value is -2.15. The van der Waals surface area contributed by atoms with Gasteiger partial charge in [-0.1, -0.05) is 54.6 Å². The Morgan fingerprint density at radius 3 is 2.30 bits per heavy atom. The molecule has 1 N–H and O–H groups in total. The molecule has 0 radical (unpaired) electrons. The van der Waals surface area contributed by atoms with E-state index in [0.717, 1.165) is 27.9 Å². The van der Waals surface area contributed by atoms with Crippen LogP contribution in [-0.4, -0.2) is 32.3 Å². The Bertz CT molecular complexity index is 857. The maximum atomic E-state index is 4.22. The number of nitrogens with one attached hydrogen (secondary N) is 1. The maximum absolute atomic E-state index is 4.22. The third-order valence-corrected chi connectivity index (χ3v) is 4.68. The predicted molar refractivity (Wildman–Crippen MR) is 114 cm³/mol. The number of hydrogen-bond acceptors (Lipinski definition) is 5. The second-order valence-corrected chi connectivity index (χ2v) is 7.89. The smallest absolute Gasteiger partial charge is 0.218 e. The molecule has 0 aliphatic heterocycles. The van der Waals surface area contributed by atoms with E-state index < -0.39 is 0 Å². The molecule has 5 nitrogen and oxygen atoms in total. The number of aromatic nitrogens is 4. The molecule has 0 aliphatic rings. The van der Waals surface area contributed by atoms with Crippen LogP contribution in [0.15, 0.2) is 71.9 Å². The molecular formula is C20H24ClN5S. The van der Waals surface area contributed by atoms with Crippen LogP contribution in [0.25, 0.3) is 10.6 Å². The molecule has 0 spiro atoms. The average molecular weight is 402 g/mol. The summed E-state index contributed by atoms with van der Waals surface area (Å²) < 4.78 is 1.76. The number of para-hydroxylation sites is 1. The Balaban J connectivity index is 0.00000261. The molecule has 0 saturated heterocycles. The number of benzene rings is 2. The van der Waals surface area contributed by atoms with E-state index in [1.807, 2.05) is 48.5 Å². The fourth-order valence-corrected chi connectivity index (χ4v) is 3.27. The lowest BCUT2D eigenvalue weighted by Crippen LogP contribution is -2.35. The number of thioether (sulfide) groups is 1. The Morgan fingerprint density at radius 1 is 1.04 bits per heavy atom. The topological polar surface area (TPSA) is 55.6 Å². The molecule has 142 valence electrons. The van der Waals surface area contributed by atoms with E-state index in [1.165, 1.54) is 0 Å². The van der Waals surface area contributed by atoms with Crippen LogP contribution >= 0.6 is 24.2 Å². The van der Waals surface area contributed by atoms with Crippen molar-refractivity contribution in [3.63, 3.8) is 0 Å². The molecule has 3 rings (SSSR count). The molecule has 2 aromatic carbocycles. The number of rotatable bonds is 6. The summed E-state index contributed by atoms with van der Waals surface area (Å²) in [6.07, 6.45) is 2.19. The van der Waals surface area contributed by atoms with Crippen molar-refractivity contribution in [1.82, 2.24) is 25.5 Å². The minimum absolute atomic E-state index is 0. The van der Waals surface area contributed by atoms with Crippen LogP contribution < -0.4 is 5.32 Å². The lowest BCUT2D eigenvalue weighted by atomic mass is 10.1. The Labute approximate surface area is 170 Å². The largest absolute Gasteiger partial charge is 0.309 e. The lowest BCUT2D eigenvalue weighted by Gasteiger charge is -2.19. The molecule has 3 aromatic rings. The van der Waals surface area contributed by atoms with Crippen LogP contribution in [-0.2, 0) is 0 Å².